The average molecular weight is 240 g/mol. The zero-order valence-electron chi connectivity index (χ0n) is 7.03. The zero-order valence-corrected chi connectivity index (χ0v) is 8.62. The molecule has 0 aliphatic carbocycles. The molecule has 0 saturated carbocycles. The Labute approximate surface area is 85.6 Å². The van der Waals surface area contributed by atoms with Gasteiger partial charge in [0.05, 0.1) is 5.92 Å². The summed E-state index contributed by atoms with van der Waals surface area (Å²) in [6, 6.07) is 7.46. The SMILES string of the molecule is C=CC(C(N)=O)c1ccccc1Br. The van der Waals surface area contributed by atoms with E-state index in [1.54, 1.807) is 6.08 Å². The fourth-order valence-electron chi connectivity index (χ4n) is 1.12. The number of carbonyl (C=O) groups excluding carboxylic acids is 1. The van der Waals surface area contributed by atoms with Crippen molar-refractivity contribution in [2.75, 3.05) is 0 Å². The van der Waals surface area contributed by atoms with Crippen molar-refractivity contribution in [3.05, 3.63) is 47.0 Å². The van der Waals surface area contributed by atoms with E-state index in [2.05, 4.69) is 22.5 Å². The molecule has 1 atom stereocenters. The molecule has 1 rings (SSSR count). The third-order valence-electron chi connectivity index (χ3n) is 1.78. The highest BCUT2D eigenvalue weighted by Crippen LogP contribution is 2.25. The third-order valence-corrected chi connectivity index (χ3v) is 2.50. The van der Waals surface area contributed by atoms with E-state index in [9.17, 15) is 4.79 Å². The van der Waals surface area contributed by atoms with Crippen LogP contribution in [0.3, 0.4) is 0 Å². The fourth-order valence-corrected chi connectivity index (χ4v) is 1.66. The molecule has 0 aliphatic heterocycles. The van der Waals surface area contributed by atoms with Crippen molar-refractivity contribution in [1.82, 2.24) is 0 Å². The Morgan fingerprint density at radius 1 is 1.54 bits per heavy atom. The van der Waals surface area contributed by atoms with E-state index in [0.717, 1.165) is 10.0 Å². The summed E-state index contributed by atoms with van der Waals surface area (Å²) in [5.41, 5.74) is 6.07. The van der Waals surface area contributed by atoms with Crippen LogP contribution in [0.25, 0.3) is 0 Å². The summed E-state index contributed by atoms with van der Waals surface area (Å²) in [5.74, 6) is -0.808. The topological polar surface area (TPSA) is 43.1 Å². The summed E-state index contributed by atoms with van der Waals surface area (Å²) in [6.07, 6.45) is 1.54. The van der Waals surface area contributed by atoms with Gasteiger partial charge in [-0.05, 0) is 11.6 Å². The molecule has 68 valence electrons. The van der Waals surface area contributed by atoms with Crippen LogP contribution in [-0.4, -0.2) is 5.91 Å². The summed E-state index contributed by atoms with van der Waals surface area (Å²) in [7, 11) is 0. The lowest BCUT2D eigenvalue weighted by atomic mass is 9.99. The van der Waals surface area contributed by atoms with Crippen LogP contribution in [0.2, 0.25) is 0 Å². The van der Waals surface area contributed by atoms with Gasteiger partial charge in [0.2, 0.25) is 5.91 Å². The number of amides is 1. The molecular formula is C10H10BrNO. The van der Waals surface area contributed by atoms with Gasteiger partial charge in [0.25, 0.3) is 0 Å². The van der Waals surface area contributed by atoms with E-state index in [-0.39, 0.29) is 5.91 Å². The van der Waals surface area contributed by atoms with Crippen molar-refractivity contribution in [2.45, 2.75) is 5.92 Å². The molecule has 0 fully saturated rings. The van der Waals surface area contributed by atoms with E-state index in [1.165, 1.54) is 0 Å². The highest BCUT2D eigenvalue weighted by Gasteiger charge is 2.15. The van der Waals surface area contributed by atoms with Crippen molar-refractivity contribution in [2.24, 2.45) is 5.73 Å². The van der Waals surface area contributed by atoms with E-state index in [0.29, 0.717) is 0 Å². The first kappa shape index (κ1) is 9.99. The van der Waals surface area contributed by atoms with Gasteiger partial charge in [-0.15, -0.1) is 6.58 Å². The van der Waals surface area contributed by atoms with Gasteiger partial charge in [-0.25, -0.2) is 0 Å². The molecule has 0 radical (unpaired) electrons. The number of primary amides is 1. The maximum absolute atomic E-state index is 11.0. The Balaban J connectivity index is 3.12. The van der Waals surface area contributed by atoms with Crippen LogP contribution in [-0.2, 0) is 4.79 Å². The number of halogens is 1. The van der Waals surface area contributed by atoms with Gasteiger partial charge < -0.3 is 5.73 Å². The molecule has 1 aromatic rings. The van der Waals surface area contributed by atoms with Crippen molar-refractivity contribution in [3.63, 3.8) is 0 Å². The van der Waals surface area contributed by atoms with Crippen LogP contribution < -0.4 is 5.73 Å². The van der Waals surface area contributed by atoms with Gasteiger partial charge in [0, 0.05) is 4.47 Å². The molecule has 2 nitrogen and oxygen atoms in total. The predicted molar refractivity (Wildman–Crippen MR) is 56.3 cm³/mol. The van der Waals surface area contributed by atoms with Gasteiger partial charge in [-0.3, -0.25) is 4.79 Å². The van der Waals surface area contributed by atoms with Gasteiger partial charge in [0.1, 0.15) is 0 Å². The van der Waals surface area contributed by atoms with E-state index >= 15 is 0 Å². The van der Waals surface area contributed by atoms with Crippen molar-refractivity contribution >= 4 is 21.8 Å². The number of rotatable bonds is 3. The molecule has 0 saturated heterocycles. The van der Waals surface area contributed by atoms with Crippen LogP contribution in [0.1, 0.15) is 11.5 Å². The molecule has 0 heterocycles. The van der Waals surface area contributed by atoms with Crippen LogP contribution in [0.4, 0.5) is 0 Å². The van der Waals surface area contributed by atoms with Crippen molar-refractivity contribution in [1.29, 1.82) is 0 Å². The van der Waals surface area contributed by atoms with Gasteiger partial charge >= 0.3 is 0 Å². The Bertz CT molecular complexity index is 335. The highest BCUT2D eigenvalue weighted by molar-refractivity contribution is 9.10. The summed E-state index contributed by atoms with van der Waals surface area (Å²) < 4.78 is 0.874. The van der Waals surface area contributed by atoms with Crippen LogP contribution >= 0.6 is 15.9 Å². The van der Waals surface area contributed by atoms with Crippen LogP contribution in [0.5, 0.6) is 0 Å². The standard InChI is InChI=1S/C10H10BrNO/c1-2-7(10(12)13)8-5-3-4-6-9(8)11/h2-7H,1H2,(H2,12,13). The minimum absolute atomic E-state index is 0.387. The van der Waals surface area contributed by atoms with Crippen LogP contribution in [0, 0.1) is 0 Å². The first-order valence-electron chi connectivity index (χ1n) is 3.83. The molecule has 1 amide bonds. The Kier molecular flexibility index (Phi) is 3.25. The molecule has 0 aliphatic rings. The summed E-state index contributed by atoms with van der Waals surface area (Å²) in [5, 5.41) is 0. The predicted octanol–water partition coefficient (Wildman–Crippen LogP) is 2.20. The molecule has 0 spiro atoms. The minimum atomic E-state index is -0.421. The average Bonchev–Trinajstić information content (AvgIpc) is 2.09. The van der Waals surface area contributed by atoms with Crippen molar-refractivity contribution in [3.8, 4) is 0 Å². The lowest BCUT2D eigenvalue weighted by Crippen LogP contribution is -2.19. The van der Waals surface area contributed by atoms with E-state index in [4.69, 9.17) is 5.73 Å². The first-order chi connectivity index (χ1) is 6.16. The second kappa shape index (κ2) is 4.23. The lowest BCUT2D eigenvalue weighted by molar-refractivity contribution is -0.118. The van der Waals surface area contributed by atoms with Gasteiger partial charge in [-0.1, -0.05) is 40.2 Å². The monoisotopic (exact) mass is 239 g/mol. The maximum Gasteiger partial charge on any atom is 0.228 e. The molecule has 1 unspecified atom stereocenters. The third kappa shape index (κ3) is 2.18. The number of hydrogen-bond acceptors (Lipinski definition) is 1. The minimum Gasteiger partial charge on any atom is -0.369 e. The largest absolute Gasteiger partial charge is 0.369 e. The highest BCUT2D eigenvalue weighted by atomic mass is 79.9. The van der Waals surface area contributed by atoms with Crippen LogP contribution in [0.15, 0.2) is 41.4 Å². The molecule has 2 N–H and O–H groups in total. The molecular weight excluding hydrogens is 230 g/mol. The Morgan fingerprint density at radius 2 is 2.15 bits per heavy atom. The maximum atomic E-state index is 11.0. The summed E-state index contributed by atoms with van der Waals surface area (Å²) in [4.78, 5) is 11.0. The smallest absolute Gasteiger partial charge is 0.228 e. The Morgan fingerprint density at radius 3 is 2.62 bits per heavy atom. The van der Waals surface area contributed by atoms with Gasteiger partial charge in [0.15, 0.2) is 0 Å². The molecule has 13 heavy (non-hydrogen) atoms. The fraction of sp³-hybridized carbons (Fsp3) is 0.100. The lowest BCUT2D eigenvalue weighted by Gasteiger charge is -2.09. The normalized spacial score (nSPS) is 12.1. The van der Waals surface area contributed by atoms with Crippen molar-refractivity contribution < 1.29 is 4.79 Å². The summed E-state index contributed by atoms with van der Waals surface area (Å²) >= 11 is 3.35. The van der Waals surface area contributed by atoms with E-state index in [1.807, 2.05) is 24.3 Å². The van der Waals surface area contributed by atoms with E-state index < -0.39 is 5.92 Å². The second-order valence-electron chi connectivity index (χ2n) is 2.64. The number of nitrogens with two attached hydrogens (primary N) is 1. The quantitative estimate of drug-likeness (QED) is 0.808. The molecule has 0 bridgehead atoms. The number of hydrogen-bond donors (Lipinski definition) is 1. The number of carbonyl (C=O) groups is 1. The zero-order chi connectivity index (χ0) is 9.84. The Hall–Kier alpha value is -1.09. The number of benzene rings is 1. The molecule has 0 aromatic heterocycles. The summed E-state index contributed by atoms with van der Waals surface area (Å²) in [6.45, 7) is 3.58. The molecule has 3 heteroatoms. The van der Waals surface area contributed by atoms with Gasteiger partial charge in [-0.2, -0.15) is 0 Å². The second-order valence-corrected chi connectivity index (χ2v) is 3.49. The first-order valence-corrected chi connectivity index (χ1v) is 4.62. The molecule has 1 aromatic carbocycles.